The van der Waals surface area contributed by atoms with Crippen LogP contribution in [0.25, 0.3) is 0 Å². The van der Waals surface area contributed by atoms with Crippen LogP contribution in [0.2, 0.25) is 0 Å². The van der Waals surface area contributed by atoms with Crippen LogP contribution in [0.3, 0.4) is 0 Å². The quantitative estimate of drug-likeness (QED) is 0.419. The molecule has 0 unspecified atom stereocenters. The largest absolute Gasteiger partial charge is 0.497 e. The van der Waals surface area contributed by atoms with Crippen molar-refractivity contribution in [1.82, 2.24) is 21.5 Å². The molecular weight excluding hydrogens is 376 g/mol. The van der Waals surface area contributed by atoms with Crippen molar-refractivity contribution in [2.75, 3.05) is 13.7 Å². The number of hydrogen-bond donors (Lipinski definition) is 4. The van der Waals surface area contributed by atoms with Crippen molar-refractivity contribution in [2.24, 2.45) is 0 Å². The number of rotatable bonds is 7. The number of ether oxygens (including phenoxy) is 1. The highest BCUT2D eigenvalue weighted by Crippen LogP contribution is 2.10. The van der Waals surface area contributed by atoms with Gasteiger partial charge in [-0.3, -0.25) is 20.4 Å². The van der Waals surface area contributed by atoms with E-state index < -0.39 is 0 Å². The Morgan fingerprint density at radius 3 is 2.39 bits per heavy atom. The third-order valence-corrected chi connectivity index (χ3v) is 4.20. The average Bonchev–Trinajstić information content (AvgIpc) is 2.71. The number of amides is 2. The van der Waals surface area contributed by atoms with Crippen LogP contribution >= 0.6 is 12.2 Å². The molecule has 2 aromatic rings. The van der Waals surface area contributed by atoms with Crippen molar-refractivity contribution in [2.45, 2.75) is 19.9 Å². The highest BCUT2D eigenvalue weighted by molar-refractivity contribution is 7.80. The molecule has 0 heterocycles. The summed E-state index contributed by atoms with van der Waals surface area (Å²) in [4.78, 5) is 23.9. The van der Waals surface area contributed by atoms with Gasteiger partial charge in [-0.05, 0) is 48.5 Å². The maximum Gasteiger partial charge on any atom is 0.251 e. The van der Waals surface area contributed by atoms with E-state index in [9.17, 15) is 9.59 Å². The van der Waals surface area contributed by atoms with Gasteiger partial charge in [0.2, 0.25) is 5.91 Å². The lowest BCUT2D eigenvalue weighted by molar-refractivity contribution is -0.121. The Morgan fingerprint density at radius 2 is 1.71 bits per heavy atom. The standard InChI is InChI=1S/C20H24N4O3S/c1-14-5-3-4-6-17(14)19(26)21-12-11-18(25)23-24-20(28)22-13-15-7-9-16(27-2)10-8-15/h3-10H,11-13H2,1-2H3,(H,21,26)(H,23,25)(H2,22,24,28). The maximum atomic E-state index is 12.1. The Balaban J connectivity index is 1.62. The zero-order valence-corrected chi connectivity index (χ0v) is 16.7. The lowest BCUT2D eigenvalue weighted by Gasteiger charge is -2.12. The zero-order chi connectivity index (χ0) is 20.4. The van der Waals surface area contributed by atoms with Gasteiger partial charge in [0.1, 0.15) is 5.75 Å². The number of thiocarbonyl (C=S) groups is 1. The molecule has 2 rings (SSSR count). The first kappa shape index (κ1) is 21.2. The van der Waals surface area contributed by atoms with Crippen LogP contribution in [0, 0.1) is 6.92 Å². The van der Waals surface area contributed by atoms with Gasteiger partial charge in [-0.15, -0.1) is 0 Å². The summed E-state index contributed by atoms with van der Waals surface area (Å²) in [6.45, 7) is 2.61. The molecule has 2 amide bonds. The van der Waals surface area contributed by atoms with E-state index in [1.807, 2.05) is 43.3 Å². The number of carbonyl (C=O) groups is 2. The smallest absolute Gasteiger partial charge is 0.251 e. The van der Waals surface area contributed by atoms with E-state index in [-0.39, 0.29) is 24.8 Å². The molecule has 0 saturated carbocycles. The van der Waals surface area contributed by atoms with Crippen molar-refractivity contribution >= 4 is 29.1 Å². The molecule has 0 aromatic heterocycles. The van der Waals surface area contributed by atoms with Crippen LogP contribution in [0.5, 0.6) is 5.75 Å². The molecular formula is C20H24N4O3S. The number of aryl methyl sites for hydroxylation is 1. The fourth-order valence-electron chi connectivity index (χ4n) is 2.37. The second kappa shape index (κ2) is 10.9. The summed E-state index contributed by atoms with van der Waals surface area (Å²) in [7, 11) is 1.61. The minimum Gasteiger partial charge on any atom is -0.497 e. The first-order chi connectivity index (χ1) is 13.5. The highest BCUT2D eigenvalue weighted by atomic mass is 32.1. The van der Waals surface area contributed by atoms with Gasteiger partial charge in [-0.25, -0.2) is 0 Å². The molecule has 7 nitrogen and oxygen atoms in total. The molecule has 0 aliphatic heterocycles. The van der Waals surface area contributed by atoms with E-state index >= 15 is 0 Å². The van der Waals surface area contributed by atoms with E-state index in [4.69, 9.17) is 17.0 Å². The monoisotopic (exact) mass is 400 g/mol. The van der Waals surface area contributed by atoms with Crippen molar-refractivity contribution in [3.8, 4) is 5.75 Å². The second-order valence-corrected chi connectivity index (χ2v) is 6.43. The minimum atomic E-state index is -0.279. The number of benzene rings is 2. The molecule has 0 aliphatic rings. The van der Waals surface area contributed by atoms with Gasteiger partial charge in [0.05, 0.1) is 7.11 Å². The predicted octanol–water partition coefficient (Wildman–Crippen LogP) is 1.82. The first-order valence-electron chi connectivity index (χ1n) is 8.79. The summed E-state index contributed by atoms with van der Waals surface area (Å²) >= 11 is 5.12. The van der Waals surface area contributed by atoms with Gasteiger partial charge in [0.25, 0.3) is 5.91 Å². The van der Waals surface area contributed by atoms with E-state index in [1.54, 1.807) is 19.2 Å². The van der Waals surface area contributed by atoms with Gasteiger partial charge < -0.3 is 15.4 Å². The highest BCUT2D eigenvalue weighted by Gasteiger charge is 2.08. The summed E-state index contributed by atoms with van der Waals surface area (Å²) in [5.74, 6) is 0.306. The van der Waals surface area contributed by atoms with E-state index in [0.717, 1.165) is 16.9 Å². The van der Waals surface area contributed by atoms with Gasteiger partial charge in [0.15, 0.2) is 5.11 Å². The number of methoxy groups -OCH3 is 1. The third-order valence-electron chi connectivity index (χ3n) is 3.95. The molecule has 0 radical (unpaired) electrons. The topological polar surface area (TPSA) is 91.5 Å². The molecule has 0 fully saturated rings. The van der Waals surface area contributed by atoms with Crippen LogP contribution in [-0.4, -0.2) is 30.6 Å². The summed E-state index contributed by atoms with van der Waals surface area (Å²) in [5, 5.41) is 6.02. The number of hydrazine groups is 1. The number of hydrogen-bond acceptors (Lipinski definition) is 4. The summed E-state index contributed by atoms with van der Waals surface area (Å²) in [5.41, 5.74) is 7.65. The third kappa shape index (κ3) is 6.88. The molecule has 2 aromatic carbocycles. The van der Waals surface area contributed by atoms with Gasteiger partial charge in [-0.1, -0.05) is 30.3 Å². The number of nitrogens with one attached hydrogen (secondary N) is 4. The van der Waals surface area contributed by atoms with Crippen LogP contribution in [-0.2, 0) is 11.3 Å². The molecule has 148 valence electrons. The molecule has 8 heteroatoms. The average molecular weight is 401 g/mol. The van der Waals surface area contributed by atoms with Gasteiger partial charge in [-0.2, -0.15) is 0 Å². The Labute approximate surface area is 169 Å². The number of carbonyl (C=O) groups excluding carboxylic acids is 2. The normalized spacial score (nSPS) is 9.93. The summed E-state index contributed by atoms with van der Waals surface area (Å²) in [6, 6.07) is 14.9. The van der Waals surface area contributed by atoms with Gasteiger partial charge >= 0.3 is 0 Å². The lowest BCUT2D eigenvalue weighted by atomic mass is 10.1. The Morgan fingerprint density at radius 1 is 1.00 bits per heavy atom. The predicted molar refractivity (Wildman–Crippen MR) is 112 cm³/mol. The van der Waals surface area contributed by atoms with Crippen LogP contribution in [0.15, 0.2) is 48.5 Å². The van der Waals surface area contributed by atoms with Crippen molar-refractivity contribution < 1.29 is 14.3 Å². The van der Waals surface area contributed by atoms with Crippen LogP contribution in [0.1, 0.15) is 27.9 Å². The van der Waals surface area contributed by atoms with Crippen LogP contribution in [0.4, 0.5) is 0 Å². The molecule has 0 saturated heterocycles. The SMILES string of the molecule is COc1ccc(CNC(=S)NNC(=O)CCNC(=O)c2ccccc2C)cc1. The Hall–Kier alpha value is -3.13. The van der Waals surface area contributed by atoms with Crippen molar-refractivity contribution in [1.29, 1.82) is 0 Å². The van der Waals surface area contributed by atoms with Crippen molar-refractivity contribution in [3.63, 3.8) is 0 Å². The molecule has 0 aliphatic carbocycles. The Bertz CT molecular complexity index is 824. The second-order valence-electron chi connectivity index (χ2n) is 6.02. The van der Waals surface area contributed by atoms with E-state index in [0.29, 0.717) is 17.2 Å². The molecule has 4 N–H and O–H groups in total. The zero-order valence-electron chi connectivity index (χ0n) is 15.9. The maximum absolute atomic E-state index is 12.1. The lowest BCUT2D eigenvalue weighted by Crippen LogP contribution is -2.47. The first-order valence-corrected chi connectivity index (χ1v) is 9.20. The fraction of sp³-hybridized carbons (Fsp3) is 0.250. The Kier molecular flexibility index (Phi) is 8.23. The van der Waals surface area contributed by atoms with Crippen LogP contribution < -0.4 is 26.2 Å². The molecule has 0 bridgehead atoms. The molecule has 28 heavy (non-hydrogen) atoms. The summed E-state index contributed by atoms with van der Waals surface area (Å²) in [6.07, 6.45) is 0.131. The van der Waals surface area contributed by atoms with Crippen molar-refractivity contribution in [3.05, 3.63) is 65.2 Å². The van der Waals surface area contributed by atoms with E-state index in [2.05, 4.69) is 21.5 Å². The fourth-order valence-corrected chi connectivity index (χ4v) is 2.49. The van der Waals surface area contributed by atoms with Gasteiger partial charge in [0, 0.05) is 25.1 Å². The van der Waals surface area contributed by atoms with E-state index in [1.165, 1.54) is 0 Å². The molecule has 0 atom stereocenters. The molecule has 0 spiro atoms. The summed E-state index contributed by atoms with van der Waals surface area (Å²) < 4.78 is 5.11. The minimum absolute atomic E-state index is 0.131.